The third kappa shape index (κ3) is 2.25. The fourth-order valence-corrected chi connectivity index (χ4v) is 1.14. The normalized spacial score (nSPS) is 9.62. The van der Waals surface area contributed by atoms with E-state index in [0.717, 1.165) is 24.4 Å². The minimum atomic E-state index is 0.302. The number of nitrogens with zero attached hydrogens (tertiary/aromatic N) is 2. The first kappa shape index (κ1) is 9.66. The zero-order valence-electron chi connectivity index (χ0n) is 8.08. The molecule has 0 aliphatic heterocycles. The van der Waals surface area contributed by atoms with Crippen molar-refractivity contribution in [3.05, 3.63) is 11.8 Å². The quantitative estimate of drug-likeness (QED) is 0.655. The third-order valence-electron chi connectivity index (χ3n) is 1.69. The van der Waals surface area contributed by atoms with Crippen molar-refractivity contribution in [3.63, 3.8) is 0 Å². The molecule has 3 heteroatoms. The number of hydrogen-bond donors (Lipinski definition) is 0. The summed E-state index contributed by atoms with van der Waals surface area (Å²) in [6.45, 7) is 5.23. The highest BCUT2D eigenvalue weighted by atomic mass is 16.5. The van der Waals surface area contributed by atoms with Crippen LogP contribution in [0, 0.1) is 19.3 Å². The zero-order valence-corrected chi connectivity index (χ0v) is 8.08. The van der Waals surface area contributed by atoms with E-state index < -0.39 is 0 Å². The first-order valence-corrected chi connectivity index (χ1v) is 4.38. The Labute approximate surface area is 78.7 Å². The van der Waals surface area contributed by atoms with Crippen molar-refractivity contribution < 1.29 is 4.74 Å². The van der Waals surface area contributed by atoms with Gasteiger partial charge in [-0.25, -0.2) is 4.68 Å². The van der Waals surface area contributed by atoms with Gasteiger partial charge in [0.05, 0.1) is 6.20 Å². The van der Waals surface area contributed by atoms with Crippen LogP contribution >= 0.6 is 0 Å². The summed E-state index contributed by atoms with van der Waals surface area (Å²) in [4.78, 5) is 0. The number of aromatic nitrogens is 2. The molecule has 0 spiro atoms. The molecule has 0 aromatic carbocycles. The molecule has 0 aliphatic rings. The van der Waals surface area contributed by atoms with Crippen molar-refractivity contribution >= 4 is 0 Å². The maximum absolute atomic E-state index is 5.37. The van der Waals surface area contributed by atoms with Gasteiger partial charge in [0.2, 0.25) is 5.88 Å². The molecule has 0 bridgehead atoms. The minimum absolute atomic E-state index is 0.302. The fraction of sp³-hybridized carbons (Fsp3) is 0.500. The Bertz CT molecular complexity index is 309. The molecule has 0 unspecified atom stereocenters. The molecular weight excluding hydrogens is 164 g/mol. The van der Waals surface area contributed by atoms with Crippen LogP contribution in [0.3, 0.4) is 0 Å². The van der Waals surface area contributed by atoms with E-state index >= 15 is 0 Å². The van der Waals surface area contributed by atoms with Crippen LogP contribution in [0.15, 0.2) is 6.20 Å². The molecule has 0 fully saturated rings. The Kier molecular flexibility index (Phi) is 3.39. The van der Waals surface area contributed by atoms with E-state index in [1.54, 1.807) is 6.20 Å². The summed E-state index contributed by atoms with van der Waals surface area (Å²) in [6, 6.07) is 0. The molecule has 1 heterocycles. The van der Waals surface area contributed by atoms with Crippen LogP contribution in [-0.4, -0.2) is 16.4 Å². The van der Waals surface area contributed by atoms with Crippen LogP contribution in [0.25, 0.3) is 0 Å². The first-order chi connectivity index (χ1) is 6.29. The van der Waals surface area contributed by atoms with Gasteiger partial charge in [0.15, 0.2) is 6.61 Å². The Morgan fingerprint density at radius 1 is 1.69 bits per heavy atom. The minimum Gasteiger partial charge on any atom is -0.464 e. The highest BCUT2D eigenvalue weighted by Gasteiger charge is 2.06. The second-order valence-corrected chi connectivity index (χ2v) is 2.85. The van der Waals surface area contributed by atoms with Crippen LogP contribution in [0.1, 0.15) is 18.9 Å². The maximum atomic E-state index is 5.37. The average Bonchev–Trinajstić information content (AvgIpc) is 2.45. The van der Waals surface area contributed by atoms with Crippen molar-refractivity contribution in [1.82, 2.24) is 9.78 Å². The molecule has 0 atom stereocenters. The molecule has 0 saturated heterocycles. The lowest BCUT2D eigenvalue weighted by Crippen LogP contribution is -2.05. The van der Waals surface area contributed by atoms with Crippen LogP contribution in [0.4, 0.5) is 0 Å². The first-order valence-electron chi connectivity index (χ1n) is 4.38. The fourth-order valence-electron chi connectivity index (χ4n) is 1.14. The lowest BCUT2D eigenvalue weighted by atomic mass is 10.4. The Morgan fingerprint density at radius 3 is 3.08 bits per heavy atom. The largest absolute Gasteiger partial charge is 0.464 e. The summed E-state index contributed by atoms with van der Waals surface area (Å²) in [5.41, 5.74) is 1.03. The van der Waals surface area contributed by atoms with E-state index in [9.17, 15) is 0 Å². The number of hydrogen-bond acceptors (Lipinski definition) is 2. The van der Waals surface area contributed by atoms with Gasteiger partial charge in [0, 0.05) is 12.1 Å². The van der Waals surface area contributed by atoms with Crippen LogP contribution in [0.5, 0.6) is 5.88 Å². The van der Waals surface area contributed by atoms with E-state index in [0.29, 0.717) is 6.61 Å². The second-order valence-electron chi connectivity index (χ2n) is 2.85. The van der Waals surface area contributed by atoms with E-state index in [2.05, 4.69) is 17.9 Å². The van der Waals surface area contributed by atoms with Crippen molar-refractivity contribution in [2.75, 3.05) is 6.61 Å². The lowest BCUT2D eigenvalue weighted by Gasteiger charge is -2.06. The summed E-state index contributed by atoms with van der Waals surface area (Å²) in [6.07, 6.45) is 7.94. The Morgan fingerprint density at radius 2 is 2.46 bits per heavy atom. The van der Waals surface area contributed by atoms with Gasteiger partial charge in [0.25, 0.3) is 0 Å². The van der Waals surface area contributed by atoms with Gasteiger partial charge in [0.1, 0.15) is 0 Å². The molecule has 13 heavy (non-hydrogen) atoms. The number of aryl methyl sites for hydroxylation is 2. The third-order valence-corrected chi connectivity index (χ3v) is 1.69. The van der Waals surface area contributed by atoms with Gasteiger partial charge in [-0.15, -0.1) is 6.42 Å². The standard InChI is InChI=1S/C10H14N2O/c1-4-6-12-10(13-7-5-2)9(3)8-11-12/h2,8H,4,6-7H2,1,3H3. The predicted molar refractivity (Wildman–Crippen MR) is 51.6 cm³/mol. The smallest absolute Gasteiger partial charge is 0.215 e. The number of terminal acetylenes is 1. The lowest BCUT2D eigenvalue weighted by molar-refractivity contribution is 0.322. The number of rotatable bonds is 4. The van der Waals surface area contributed by atoms with Gasteiger partial charge in [-0.3, -0.25) is 0 Å². The SMILES string of the molecule is C#CCOc1c(C)cnn1CCC. The van der Waals surface area contributed by atoms with Gasteiger partial charge in [-0.05, 0) is 13.3 Å². The molecule has 70 valence electrons. The maximum Gasteiger partial charge on any atom is 0.215 e. The van der Waals surface area contributed by atoms with Gasteiger partial charge >= 0.3 is 0 Å². The van der Waals surface area contributed by atoms with Crippen molar-refractivity contribution in [1.29, 1.82) is 0 Å². The van der Waals surface area contributed by atoms with Gasteiger partial charge in [-0.2, -0.15) is 5.10 Å². The van der Waals surface area contributed by atoms with E-state index in [1.165, 1.54) is 0 Å². The molecular formula is C10H14N2O. The van der Waals surface area contributed by atoms with Gasteiger partial charge in [-0.1, -0.05) is 12.8 Å². The van der Waals surface area contributed by atoms with E-state index in [4.69, 9.17) is 11.2 Å². The number of ether oxygens (including phenoxy) is 1. The summed E-state index contributed by atoms with van der Waals surface area (Å²) >= 11 is 0. The Hall–Kier alpha value is -1.43. The molecule has 0 N–H and O–H groups in total. The molecule has 0 radical (unpaired) electrons. The topological polar surface area (TPSA) is 27.1 Å². The second kappa shape index (κ2) is 4.56. The predicted octanol–water partition coefficient (Wildman–Crippen LogP) is 1.61. The molecule has 1 aromatic rings. The van der Waals surface area contributed by atoms with E-state index in [1.807, 2.05) is 11.6 Å². The highest BCUT2D eigenvalue weighted by Crippen LogP contribution is 2.16. The zero-order chi connectivity index (χ0) is 9.68. The summed E-state index contributed by atoms with van der Waals surface area (Å²) in [5, 5.41) is 4.18. The van der Waals surface area contributed by atoms with Gasteiger partial charge < -0.3 is 4.74 Å². The van der Waals surface area contributed by atoms with Crippen molar-refractivity contribution in [2.24, 2.45) is 0 Å². The monoisotopic (exact) mass is 178 g/mol. The molecule has 3 nitrogen and oxygen atoms in total. The van der Waals surface area contributed by atoms with Crippen LogP contribution in [0.2, 0.25) is 0 Å². The molecule has 1 rings (SSSR count). The van der Waals surface area contributed by atoms with Crippen LogP contribution < -0.4 is 4.74 Å². The van der Waals surface area contributed by atoms with Crippen molar-refractivity contribution in [3.8, 4) is 18.2 Å². The van der Waals surface area contributed by atoms with Crippen molar-refractivity contribution in [2.45, 2.75) is 26.8 Å². The molecule has 0 aliphatic carbocycles. The molecule has 1 aromatic heterocycles. The highest BCUT2D eigenvalue weighted by molar-refractivity contribution is 5.22. The van der Waals surface area contributed by atoms with E-state index in [-0.39, 0.29) is 0 Å². The molecule has 0 amide bonds. The summed E-state index contributed by atoms with van der Waals surface area (Å²) in [5.74, 6) is 3.23. The average molecular weight is 178 g/mol. The summed E-state index contributed by atoms with van der Waals surface area (Å²) < 4.78 is 7.21. The Balaban J connectivity index is 2.76. The molecule has 0 saturated carbocycles. The van der Waals surface area contributed by atoms with Crippen LogP contribution in [-0.2, 0) is 6.54 Å². The summed E-state index contributed by atoms with van der Waals surface area (Å²) in [7, 11) is 0.